The van der Waals surface area contributed by atoms with Gasteiger partial charge < -0.3 is 10.0 Å². The van der Waals surface area contributed by atoms with Crippen molar-refractivity contribution in [3.8, 4) is 0 Å². The number of benzene rings is 2. The first kappa shape index (κ1) is 21.6. The summed E-state index contributed by atoms with van der Waals surface area (Å²) in [7, 11) is 0. The minimum Gasteiger partial charge on any atom is -0.389 e. The highest BCUT2D eigenvalue weighted by Gasteiger charge is 2.31. The van der Waals surface area contributed by atoms with E-state index in [-0.39, 0.29) is 18.0 Å². The minimum absolute atomic E-state index is 0.0794. The van der Waals surface area contributed by atoms with Gasteiger partial charge in [-0.25, -0.2) is 9.97 Å². The summed E-state index contributed by atoms with van der Waals surface area (Å²) >= 11 is 5.93. The zero-order valence-electron chi connectivity index (χ0n) is 18.1. The van der Waals surface area contributed by atoms with Gasteiger partial charge >= 0.3 is 0 Å². The Labute approximate surface area is 195 Å². The van der Waals surface area contributed by atoms with Gasteiger partial charge in [-0.2, -0.15) is 0 Å². The molecule has 1 aliphatic heterocycles. The predicted octanol–water partition coefficient (Wildman–Crippen LogP) is 3.34. The molecule has 0 aliphatic carbocycles. The summed E-state index contributed by atoms with van der Waals surface area (Å²) in [6, 6.07) is 13.1. The number of nitrogens with zero attached hydrogens (tertiary/aromatic N) is 4. The molecule has 0 bridgehead atoms. The molecule has 3 heterocycles. The van der Waals surface area contributed by atoms with Crippen molar-refractivity contribution < 1.29 is 9.90 Å². The van der Waals surface area contributed by atoms with Gasteiger partial charge in [0.15, 0.2) is 0 Å². The topological polar surface area (TPSA) is 88.3 Å². The first-order valence-electron chi connectivity index (χ1n) is 10.9. The number of carbonyl (C=O) groups is 1. The van der Waals surface area contributed by atoms with Crippen LogP contribution in [0, 0.1) is 0 Å². The second-order valence-corrected chi connectivity index (χ2v) is 8.88. The Morgan fingerprint density at radius 3 is 2.64 bits per heavy atom. The third-order valence-electron chi connectivity index (χ3n) is 6.41. The highest BCUT2D eigenvalue weighted by Crippen LogP contribution is 2.29. The molecule has 1 aliphatic rings. The van der Waals surface area contributed by atoms with Gasteiger partial charge in [-0.1, -0.05) is 41.9 Å². The molecule has 1 saturated heterocycles. The number of hydrogen-bond donors (Lipinski definition) is 1. The van der Waals surface area contributed by atoms with Gasteiger partial charge in [0, 0.05) is 31.6 Å². The fraction of sp³-hybridized carbons (Fsp3) is 0.280. The number of likely N-dealkylation sites (tertiary alicyclic amines) is 1. The average Bonchev–Trinajstić information content (AvgIpc) is 2.81. The summed E-state index contributed by atoms with van der Waals surface area (Å²) in [5.41, 5.74) is 2.42. The maximum absolute atomic E-state index is 13.6. The number of aromatic nitrogens is 3. The van der Waals surface area contributed by atoms with Crippen molar-refractivity contribution in [1.29, 1.82) is 0 Å². The Morgan fingerprint density at radius 1 is 1.15 bits per heavy atom. The molecule has 0 radical (unpaired) electrons. The lowest BCUT2D eigenvalue weighted by molar-refractivity contribution is -0.133. The van der Waals surface area contributed by atoms with Crippen LogP contribution in [0.5, 0.6) is 0 Å². The van der Waals surface area contributed by atoms with Gasteiger partial charge in [-0.05, 0) is 41.5 Å². The molecule has 0 spiro atoms. The third-order valence-corrected chi connectivity index (χ3v) is 6.63. The molecular weight excluding hydrogens is 440 g/mol. The zero-order chi connectivity index (χ0) is 23.1. The minimum atomic E-state index is -0.834. The molecule has 4 aromatic rings. The number of β-amino-alcohol motifs (C(OH)–C–C–N with tert-alkyl or cyclic N) is 1. The third kappa shape index (κ3) is 3.98. The lowest BCUT2D eigenvalue weighted by Crippen LogP contribution is -2.48. The van der Waals surface area contributed by atoms with E-state index in [1.165, 1.54) is 17.8 Å². The largest absolute Gasteiger partial charge is 0.389 e. The van der Waals surface area contributed by atoms with Gasteiger partial charge in [0.1, 0.15) is 5.15 Å². The summed E-state index contributed by atoms with van der Waals surface area (Å²) < 4.78 is 1.52. The summed E-state index contributed by atoms with van der Waals surface area (Å²) in [6.07, 6.45) is 3.51. The number of hydrogen-bond acceptors (Lipinski definition) is 5. The molecule has 2 aromatic heterocycles. The monoisotopic (exact) mass is 462 g/mol. The van der Waals surface area contributed by atoms with Gasteiger partial charge in [0.25, 0.3) is 5.56 Å². The standard InChI is InChI=1S/C25H23ClN4O3/c1-15(31)29-9-8-21(22(32)13-29)30-14-28-24-19-5-3-2-4-18(19)17(11-20(24)25(30)33)10-16-6-7-23(26)27-12-16/h2-7,11-12,14,21-22,32H,8-10,13H2,1H3. The summed E-state index contributed by atoms with van der Waals surface area (Å²) in [4.78, 5) is 35.7. The van der Waals surface area contributed by atoms with Gasteiger partial charge in [-0.3, -0.25) is 14.2 Å². The molecule has 33 heavy (non-hydrogen) atoms. The number of pyridine rings is 1. The molecule has 0 saturated carbocycles. The normalized spacial score (nSPS) is 18.7. The van der Waals surface area contributed by atoms with Gasteiger partial charge in [0.05, 0.1) is 29.4 Å². The maximum atomic E-state index is 13.6. The number of amides is 1. The lowest BCUT2D eigenvalue weighted by atomic mass is 9.96. The highest BCUT2D eigenvalue weighted by molar-refractivity contribution is 6.29. The van der Waals surface area contributed by atoms with E-state index in [9.17, 15) is 14.7 Å². The SMILES string of the molecule is CC(=O)N1CCC(n2cnc3c(cc(Cc4ccc(Cl)nc4)c4ccccc43)c2=O)C(O)C1. The Kier molecular flexibility index (Phi) is 5.60. The van der Waals surface area contributed by atoms with Crippen molar-refractivity contribution in [1.82, 2.24) is 19.4 Å². The summed E-state index contributed by atoms with van der Waals surface area (Å²) in [5, 5.41) is 13.6. The number of aliphatic hydroxyl groups excluding tert-OH is 1. The van der Waals surface area contributed by atoms with E-state index >= 15 is 0 Å². The molecule has 2 atom stereocenters. The van der Waals surface area contributed by atoms with Crippen LogP contribution in [0.4, 0.5) is 0 Å². The van der Waals surface area contributed by atoms with Crippen LogP contribution in [-0.4, -0.2) is 49.6 Å². The number of aliphatic hydroxyl groups is 1. The van der Waals surface area contributed by atoms with Crippen LogP contribution in [0.25, 0.3) is 21.7 Å². The lowest BCUT2D eigenvalue weighted by Gasteiger charge is -2.36. The van der Waals surface area contributed by atoms with E-state index in [2.05, 4.69) is 9.97 Å². The quantitative estimate of drug-likeness (QED) is 0.372. The molecule has 2 unspecified atom stereocenters. The van der Waals surface area contributed by atoms with Crippen molar-refractivity contribution in [2.75, 3.05) is 13.1 Å². The molecule has 8 heteroatoms. The zero-order valence-corrected chi connectivity index (χ0v) is 18.9. The summed E-state index contributed by atoms with van der Waals surface area (Å²) in [6.45, 7) is 2.19. The first-order valence-corrected chi connectivity index (χ1v) is 11.3. The molecular formula is C25H23ClN4O3. The van der Waals surface area contributed by atoms with E-state index < -0.39 is 12.1 Å². The van der Waals surface area contributed by atoms with Crippen LogP contribution in [0.2, 0.25) is 5.15 Å². The van der Waals surface area contributed by atoms with Crippen LogP contribution in [0.1, 0.15) is 30.5 Å². The van der Waals surface area contributed by atoms with E-state index in [4.69, 9.17) is 11.6 Å². The van der Waals surface area contributed by atoms with Crippen LogP contribution in [0.15, 0.2) is 59.8 Å². The van der Waals surface area contributed by atoms with Crippen LogP contribution >= 0.6 is 11.6 Å². The number of rotatable bonds is 3. The second-order valence-electron chi connectivity index (χ2n) is 8.49. The second kappa shape index (κ2) is 8.57. The molecule has 168 valence electrons. The Hall–Kier alpha value is -3.29. The van der Waals surface area contributed by atoms with Crippen molar-refractivity contribution in [3.63, 3.8) is 0 Å². The molecule has 1 N–H and O–H groups in total. The first-order chi connectivity index (χ1) is 15.9. The average molecular weight is 463 g/mol. The number of piperidine rings is 1. The van der Waals surface area contributed by atoms with Crippen molar-refractivity contribution in [2.45, 2.75) is 31.9 Å². The molecule has 2 aromatic carbocycles. The Balaban J connectivity index is 1.62. The van der Waals surface area contributed by atoms with E-state index in [1.54, 1.807) is 17.2 Å². The van der Waals surface area contributed by atoms with E-state index in [0.29, 0.717) is 35.4 Å². The van der Waals surface area contributed by atoms with Crippen LogP contribution in [0.3, 0.4) is 0 Å². The molecule has 7 nitrogen and oxygen atoms in total. The van der Waals surface area contributed by atoms with Crippen molar-refractivity contribution >= 4 is 39.2 Å². The predicted molar refractivity (Wildman–Crippen MR) is 127 cm³/mol. The highest BCUT2D eigenvalue weighted by atomic mass is 35.5. The maximum Gasteiger partial charge on any atom is 0.261 e. The fourth-order valence-electron chi connectivity index (χ4n) is 4.69. The smallest absolute Gasteiger partial charge is 0.261 e. The number of fused-ring (bicyclic) bond motifs is 3. The van der Waals surface area contributed by atoms with Gasteiger partial charge in [0.2, 0.25) is 5.91 Å². The fourth-order valence-corrected chi connectivity index (χ4v) is 4.80. The van der Waals surface area contributed by atoms with E-state index in [0.717, 1.165) is 21.9 Å². The molecule has 1 fully saturated rings. The number of halogens is 1. The number of carbonyl (C=O) groups excluding carboxylic acids is 1. The van der Waals surface area contributed by atoms with Gasteiger partial charge in [-0.15, -0.1) is 0 Å². The summed E-state index contributed by atoms with van der Waals surface area (Å²) in [5.74, 6) is -0.0794. The van der Waals surface area contributed by atoms with Crippen molar-refractivity contribution in [3.05, 3.63) is 81.6 Å². The van der Waals surface area contributed by atoms with E-state index in [1.807, 2.05) is 36.4 Å². The van der Waals surface area contributed by atoms with Crippen LogP contribution < -0.4 is 5.56 Å². The van der Waals surface area contributed by atoms with Crippen LogP contribution in [-0.2, 0) is 11.2 Å². The Bertz CT molecular complexity index is 1420. The Morgan fingerprint density at radius 2 is 1.94 bits per heavy atom. The van der Waals surface area contributed by atoms with Crippen molar-refractivity contribution in [2.24, 2.45) is 0 Å². The molecule has 1 amide bonds. The molecule has 5 rings (SSSR count).